The third-order valence-electron chi connectivity index (χ3n) is 7.37. The Morgan fingerprint density at radius 1 is 1.26 bits per heavy atom. The highest BCUT2D eigenvalue weighted by Crippen LogP contribution is 2.38. The summed E-state index contributed by atoms with van der Waals surface area (Å²) in [5.41, 5.74) is -0.612. The number of tetrazole rings is 1. The van der Waals surface area contributed by atoms with Gasteiger partial charge in [-0.1, -0.05) is 0 Å². The molecule has 1 unspecified atom stereocenters. The zero-order chi connectivity index (χ0) is 27.9. The highest BCUT2D eigenvalue weighted by Gasteiger charge is 2.43. The fraction of sp³-hybridized carbons (Fsp3) is 0.560. The molecule has 4 heterocycles. The number of piperidine rings is 1. The first kappa shape index (κ1) is 26.9. The van der Waals surface area contributed by atoms with E-state index in [1.807, 2.05) is 0 Å². The van der Waals surface area contributed by atoms with Gasteiger partial charge in [-0.2, -0.15) is 14.3 Å². The van der Waals surface area contributed by atoms with Crippen molar-refractivity contribution < 1.29 is 18.6 Å². The van der Waals surface area contributed by atoms with Crippen LogP contribution >= 0.6 is 0 Å². The lowest BCUT2D eigenvalue weighted by Crippen LogP contribution is -2.55. The van der Waals surface area contributed by atoms with E-state index in [-0.39, 0.29) is 47.1 Å². The number of rotatable bonds is 8. The van der Waals surface area contributed by atoms with Gasteiger partial charge in [-0.05, 0) is 69.5 Å². The van der Waals surface area contributed by atoms with Gasteiger partial charge >= 0.3 is 5.69 Å². The van der Waals surface area contributed by atoms with Crippen molar-refractivity contribution in [2.45, 2.75) is 70.2 Å². The van der Waals surface area contributed by atoms with Crippen LogP contribution in [0.3, 0.4) is 0 Å². The van der Waals surface area contributed by atoms with E-state index < -0.39 is 23.4 Å². The number of aliphatic hydroxyl groups excluding tert-OH is 1. The van der Waals surface area contributed by atoms with Gasteiger partial charge in [-0.15, -0.1) is 0 Å². The molecule has 12 nitrogen and oxygen atoms in total. The molecule has 2 aliphatic rings. The number of nitrogens with zero attached hydrogens (tertiary/aromatic N) is 7. The van der Waals surface area contributed by atoms with Gasteiger partial charge in [0.2, 0.25) is 5.95 Å². The van der Waals surface area contributed by atoms with Crippen LogP contribution in [0.1, 0.15) is 46.5 Å². The van der Waals surface area contributed by atoms with E-state index in [0.717, 1.165) is 53.9 Å². The van der Waals surface area contributed by atoms with Crippen LogP contribution in [0.2, 0.25) is 0 Å². The fourth-order valence-corrected chi connectivity index (χ4v) is 5.58. The molecule has 3 atom stereocenters. The molecule has 0 radical (unpaired) electrons. The average Bonchev–Trinajstić information content (AvgIpc) is 3.49. The van der Waals surface area contributed by atoms with Gasteiger partial charge in [-0.3, -0.25) is 4.90 Å². The maximum Gasteiger partial charge on any atom is 0.368 e. The Hall–Kier alpha value is -3.65. The second-order valence-electron chi connectivity index (χ2n) is 10.8. The van der Waals surface area contributed by atoms with Crippen molar-refractivity contribution in [3.8, 4) is 11.4 Å². The van der Waals surface area contributed by atoms with Gasteiger partial charge in [0.1, 0.15) is 17.5 Å². The van der Waals surface area contributed by atoms with E-state index in [2.05, 4.69) is 49.8 Å². The minimum absolute atomic E-state index is 0.0169. The van der Waals surface area contributed by atoms with Gasteiger partial charge in [0.25, 0.3) is 0 Å². The predicted octanol–water partition coefficient (Wildman–Crippen LogP) is 2.35. The maximum absolute atomic E-state index is 15.2. The zero-order valence-electron chi connectivity index (χ0n) is 22.4. The molecule has 0 bridgehead atoms. The quantitative estimate of drug-likeness (QED) is 0.387. The molecule has 210 valence electrons. The summed E-state index contributed by atoms with van der Waals surface area (Å²) in [6.07, 6.45) is 4.34. The predicted molar refractivity (Wildman–Crippen MR) is 139 cm³/mol. The molecular formula is C25H33F2N9O3. The number of ether oxygens (including phenoxy) is 1. The molecule has 1 aromatic carbocycles. The summed E-state index contributed by atoms with van der Waals surface area (Å²) in [6.45, 7) is 6.76. The maximum atomic E-state index is 15.2. The number of nitrogens with one attached hydrogen (secondary N) is 2. The summed E-state index contributed by atoms with van der Waals surface area (Å²) in [6, 6.07) is 2.82. The monoisotopic (exact) mass is 545 g/mol. The van der Waals surface area contributed by atoms with Crippen molar-refractivity contribution in [2.24, 2.45) is 7.05 Å². The molecule has 3 aromatic rings. The number of anilines is 3. The number of fused-ring (bicyclic) bond motifs is 1. The zero-order valence-corrected chi connectivity index (χ0v) is 22.4. The molecule has 0 aliphatic carbocycles. The Morgan fingerprint density at radius 3 is 2.77 bits per heavy atom. The lowest BCUT2D eigenvalue weighted by Gasteiger charge is -2.47. The topological polar surface area (TPSA) is 135 Å². The first-order chi connectivity index (χ1) is 18.6. The Labute approximate surface area is 224 Å². The van der Waals surface area contributed by atoms with E-state index in [1.54, 1.807) is 6.92 Å². The molecule has 14 heteroatoms. The summed E-state index contributed by atoms with van der Waals surface area (Å²) in [4.78, 5) is 23.3. The van der Waals surface area contributed by atoms with E-state index in [9.17, 15) is 14.3 Å². The van der Waals surface area contributed by atoms with Crippen LogP contribution in [0.5, 0.6) is 5.75 Å². The molecule has 5 rings (SSSR count). The average molecular weight is 546 g/mol. The number of aromatic nitrogens is 6. The van der Waals surface area contributed by atoms with Crippen molar-refractivity contribution in [3.63, 3.8) is 0 Å². The highest BCUT2D eigenvalue weighted by atomic mass is 19.1. The lowest BCUT2D eigenvalue weighted by molar-refractivity contribution is 0.0500. The third-order valence-corrected chi connectivity index (χ3v) is 7.37. The Balaban J connectivity index is 1.42. The van der Waals surface area contributed by atoms with Crippen LogP contribution in [-0.2, 0) is 7.05 Å². The first-order valence-electron chi connectivity index (χ1n) is 13.0. The van der Waals surface area contributed by atoms with Crippen LogP contribution < -0.4 is 21.1 Å². The Kier molecular flexibility index (Phi) is 7.25. The minimum atomic E-state index is -0.742. The van der Waals surface area contributed by atoms with E-state index in [4.69, 9.17) is 4.74 Å². The van der Waals surface area contributed by atoms with Crippen molar-refractivity contribution in [2.75, 3.05) is 23.8 Å². The SMILES string of the molecule is C[C@H](CO)Oc1cc(F)c(Nc2ncc(F)c(N[C@@H]3CC4CCCN4C(C)(C)C3)n2)cc1-n1nnn(C)c1=O. The standard InChI is InChI=1S/C25H33F2N9O3/c1-14(13-37)39-21-9-17(26)19(10-20(21)36-24(38)34(4)32-33-36)30-23-28-12-18(27)22(31-23)29-15-8-16-6-5-7-35(16)25(2,3)11-15/h9-10,12,14-16,37H,5-8,11,13H2,1-4H3,(H2,28,29,30,31)/t14-,15-,16?/m1/s1. The molecular weight excluding hydrogens is 512 g/mol. The molecule has 3 N–H and O–H groups in total. The smallest absolute Gasteiger partial charge is 0.368 e. The molecule has 2 aliphatic heterocycles. The fourth-order valence-electron chi connectivity index (χ4n) is 5.58. The van der Waals surface area contributed by atoms with Gasteiger partial charge < -0.3 is 20.5 Å². The van der Waals surface area contributed by atoms with Crippen LogP contribution in [0.15, 0.2) is 23.1 Å². The van der Waals surface area contributed by atoms with Crippen molar-refractivity contribution in [1.82, 2.24) is 34.7 Å². The van der Waals surface area contributed by atoms with E-state index in [1.165, 1.54) is 13.1 Å². The van der Waals surface area contributed by atoms with Gasteiger partial charge in [0.05, 0.1) is 18.5 Å². The number of halogens is 2. The van der Waals surface area contributed by atoms with Crippen molar-refractivity contribution >= 4 is 17.5 Å². The van der Waals surface area contributed by atoms with Gasteiger partial charge in [0.15, 0.2) is 17.5 Å². The normalized spacial score (nSPS) is 21.4. The Bertz CT molecular complexity index is 1410. The summed E-state index contributed by atoms with van der Waals surface area (Å²) >= 11 is 0. The number of hydrogen-bond acceptors (Lipinski definition) is 10. The van der Waals surface area contributed by atoms with Crippen LogP contribution in [0.25, 0.3) is 5.69 Å². The number of aryl methyl sites for hydroxylation is 1. The second kappa shape index (κ2) is 10.5. The molecule has 0 saturated carbocycles. The number of hydrogen-bond donors (Lipinski definition) is 3. The van der Waals surface area contributed by atoms with Crippen LogP contribution in [0.4, 0.5) is 26.2 Å². The lowest BCUT2D eigenvalue weighted by atomic mass is 9.84. The molecule has 39 heavy (non-hydrogen) atoms. The van der Waals surface area contributed by atoms with Crippen LogP contribution in [0, 0.1) is 11.6 Å². The Morgan fingerprint density at radius 2 is 2.05 bits per heavy atom. The molecule has 0 spiro atoms. The second-order valence-corrected chi connectivity index (χ2v) is 10.8. The summed E-state index contributed by atoms with van der Waals surface area (Å²) in [7, 11) is 1.42. The molecule has 2 saturated heterocycles. The van der Waals surface area contributed by atoms with Crippen molar-refractivity contribution in [1.29, 1.82) is 0 Å². The summed E-state index contributed by atoms with van der Waals surface area (Å²) in [5, 5.41) is 22.9. The number of aliphatic hydroxyl groups is 1. The molecule has 2 fully saturated rings. The van der Waals surface area contributed by atoms with E-state index >= 15 is 4.39 Å². The summed E-state index contributed by atoms with van der Waals surface area (Å²) < 4.78 is 37.5. The van der Waals surface area contributed by atoms with Gasteiger partial charge in [0, 0.05) is 30.7 Å². The van der Waals surface area contributed by atoms with Crippen LogP contribution in [-0.4, -0.2) is 76.6 Å². The summed E-state index contributed by atoms with van der Waals surface area (Å²) in [5.74, 6) is -1.38. The first-order valence-corrected chi connectivity index (χ1v) is 13.0. The van der Waals surface area contributed by atoms with Gasteiger partial charge in [-0.25, -0.2) is 18.6 Å². The molecule has 2 aromatic heterocycles. The van der Waals surface area contributed by atoms with E-state index in [0.29, 0.717) is 6.04 Å². The highest BCUT2D eigenvalue weighted by molar-refractivity contribution is 5.63. The largest absolute Gasteiger partial charge is 0.486 e. The van der Waals surface area contributed by atoms with Crippen molar-refractivity contribution in [3.05, 3.63) is 40.4 Å². The molecule has 0 amide bonds. The number of benzene rings is 1. The third kappa shape index (κ3) is 5.43. The minimum Gasteiger partial charge on any atom is -0.486 e.